The van der Waals surface area contributed by atoms with Crippen molar-refractivity contribution in [1.29, 1.82) is 0 Å². The first-order valence-corrected chi connectivity index (χ1v) is 9.40. The summed E-state index contributed by atoms with van der Waals surface area (Å²) in [5, 5.41) is 10.4. The molecule has 1 N–H and O–H groups in total. The predicted molar refractivity (Wildman–Crippen MR) is 104 cm³/mol. The molecule has 1 atom stereocenters. The summed E-state index contributed by atoms with van der Waals surface area (Å²) < 4.78 is 0. The van der Waals surface area contributed by atoms with Crippen molar-refractivity contribution in [2.24, 2.45) is 0 Å². The van der Waals surface area contributed by atoms with E-state index in [1.165, 1.54) is 37.7 Å². The highest BCUT2D eigenvalue weighted by molar-refractivity contribution is 5.40. The largest absolute Gasteiger partial charge is 0.508 e. The number of para-hydroxylation sites is 1. The highest BCUT2D eigenvalue weighted by Crippen LogP contribution is 2.44. The summed E-state index contributed by atoms with van der Waals surface area (Å²) in [7, 11) is 0. The molecule has 2 aromatic carbocycles. The lowest BCUT2D eigenvalue weighted by Crippen LogP contribution is -2.27. The zero-order chi connectivity index (χ0) is 17.4. The Hall–Kier alpha value is -1.76. The minimum absolute atomic E-state index is 0.00908. The number of hydrogen-bond acceptors (Lipinski definition) is 1. The van der Waals surface area contributed by atoms with E-state index in [9.17, 15) is 5.11 Å². The molecule has 0 aliphatic rings. The van der Waals surface area contributed by atoms with E-state index in [4.69, 9.17) is 0 Å². The summed E-state index contributed by atoms with van der Waals surface area (Å²) >= 11 is 0. The van der Waals surface area contributed by atoms with Gasteiger partial charge in [-0.1, -0.05) is 101 Å². The Labute approximate surface area is 147 Å². The van der Waals surface area contributed by atoms with Crippen molar-refractivity contribution in [3.05, 3.63) is 65.7 Å². The maximum atomic E-state index is 10.4. The first-order valence-electron chi connectivity index (χ1n) is 9.40. The third kappa shape index (κ3) is 4.63. The van der Waals surface area contributed by atoms with Crippen molar-refractivity contribution < 1.29 is 5.11 Å². The molecule has 0 radical (unpaired) electrons. The maximum absolute atomic E-state index is 10.4. The quantitative estimate of drug-likeness (QED) is 0.502. The van der Waals surface area contributed by atoms with Gasteiger partial charge in [-0.05, 0) is 34.9 Å². The predicted octanol–water partition coefficient (Wildman–Crippen LogP) is 6.81. The third-order valence-electron chi connectivity index (χ3n) is 5.30. The minimum atomic E-state index is -0.00908. The number of phenolic OH excluding ortho intramolecular Hbond substituents is 1. The SMILES string of the molecule is CCCCCCCC(c1ccccc1O)C(C)(C)c1ccccc1. The van der Waals surface area contributed by atoms with Gasteiger partial charge in [0.25, 0.3) is 0 Å². The fourth-order valence-corrected chi connectivity index (χ4v) is 3.71. The van der Waals surface area contributed by atoms with Crippen molar-refractivity contribution >= 4 is 0 Å². The van der Waals surface area contributed by atoms with E-state index in [-0.39, 0.29) is 5.41 Å². The summed E-state index contributed by atoms with van der Waals surface area (Å²) in [4.78, 5) is 0. The van der Waals surface area contributed by atoms with E-state index >= 15 is 0 Å². The van der Waals surface area contributed by atoms with Crippen molar-refractivity contribution in [1.82, 2.24) is 0 Å². The Kier molecular flexibility index (Phi) is 6.90. The van der Waals surface area contributed by atoms with E-state index in [2.05, 4.69) is 57.2 Å². The average Bonchev–Trinajstić information content (AvgIpc) is 2.60. The van der Waals surface area contributed by atoms with Gasteiger partial charge in [-0.25, -0.2) is 0 Å². The first kappa shape index (κ1) is 18.6. The average molecular weight is 325 g/mol. The number of hydrogen-bond donors (Lipinski definition) is 1. The van der Waals surface area contributed by atoms with Crippen LogP contribution in [-0.4, -0.2) is 5.11 Å². The Morgan fingerprint density at radius 1 is 0.833 bits per heavy atom. The summed E-state index contributed by atoms with van der Waals surface area (Å²) in [6, 6.07) is 18.6. The third-order valence-corrected chi connectivity index (χ3v) is 5.30. The molecule has 0 spiro atoms. The van der Waals surface area contributed by atoms with Crippen LogP contribution < -0.4 is 0 Å². The normalized spacial score (nSPS) is 13.0. The highest BCUT2D eigenvalue weighted by atomic mass is 16.3. The Morgan fingerprint density at radius 2 is 1.46 bits per heavy atom. The van der Waals surface area contributed by atoms with Gasteiger partial charge in [0.05, 0.1) is 0 Å². The Morgan fingerprint density at radius 3 is 2.12 bits per heavy atom. The molecular weight excluding hydrogens is 292 g/mol. The van der Waals surface area contributed by atoms with Gasteiger partial charge in [0, 0.05) is 0 Å². The van der Waals surface area contributed by atoms with Crippen LogP contribution in [0.2, 0.25) is 0 Å². The van der Waals surface area contributed by atoms with Gasteiger partial charge in [-0.2, -0.15) is 0 Å². The molecule has 0 fully saturated rings. The molecule has 0 aromatic heterocycles. The fraction of sp³-hybridized carbons (Fsp3) is 0.478. The zero-order valence-electron chi connectivity index (χ0n) is 15.5. The Bertz CT molecular complexity index is 600. The number of unbranched alkanes of at least 4 members (excludes halogenated alkanes) is 4. The smallest absolute Gasteiger partial charge is 0.119 e. The molecule has 1 unspecified atom stereocenters. The molecular formula is C23H32O. The van der Waals surface area contributed by atoms with Gasteiger partial charge in [-0.3, -0.25) is 0 Å². The van der Waals surface area contributed by atoms with E-state index in [0.29, 0.717) is 11.7 Å². The summed E-state index contributed by atoms with van der Waals surface area (Å²) in [6.45, 7) is 6.88. The second-order valence-corrected chi connectivity index (χ2v) is 7.40. The fourth-order valence-electron chi connectivity index (χ4n) is 3.71. The van der Waals surface area contributed by atoms with Crippen LogP contribution >= 0.6 is 0 Å². The van der Waals surface area contributed by atoms with Gasteiger partial charge >= 0.3 is 0 Å². The highest BCUT2D eigenvalue weighted by Gasteiger charge is 2.33. The van der Waals surface area contributed by atoms with Gasteiger partial charge < -0.3 is 5.11 Å². The van der Waals surface area contributed by atoms with Crippen LogP contribution in [0.1, 0.15) is 76.3 Å². The van der Waals surface area contributed by atoms with Crippen LogP contribution in [0.3, 0.4) is 0 Å². The van der Waals surface area contributed by atoms with Gasteiger partial charge in [0.15, 0.2) is 0 Å². The molecule has 1 heteroatoms. The van der Waals surface area contributed by atoms with Crippen LogP contribution in [0.15, 0.2) is 54.6 Å². The summed E-state index contributed by atoms with van der Waals surface area (Å²) in [5.74, 6) is 0.753. The lowest BCUT2D eigenvalue weighted by molar-refractivity contribution is 0.361. The molecule has 0 amide bonds. The number of rotatable bonds is 9. The standard InChI is InChI=1S/C23H32O/c1-4-5-6-7-11-17-21(20-16-12-13-18-22(20)24)23(2,3)19-14-9-8-10-15-19/h8-10,12-16,18,21,24H,4-7,11,17H2,1-3H3. The van der Waals surface area contributed by atoms with Crippen LogP contribution in [0.25, 0.3) is 0 Å². The molecule has 0 aliphatic heterocycles. The van der Waals surface area contributed by atoms with Crippen molar-refractivity contribution in [2.45, 2.75) is 70.6 Å². The van der Waals surface area contributed by atoms with E-state index < -0.39 is 0 Å². The minimum Gasteiger partial charge on any atom is -0.508 e. The lowest BCUT2D eigenvalue weighted by Gasteiger charge is -2.36. The van der Waals surface area contributed by atoms with Crippen LogP contribution in [-0.2, 0) is 5.41 Å². The van der Waals surface area contributed by atoms with Crippen LogP contribution in [0.5, 0.6) is 5.75 Å². The monoisotopic (exact) mass is 324 g/mol. The lowest BCUT2D eigenvalue weighted by atomic mass is 9.68. The molecule has 0 saturated heterocycles. The molecule has 0 saturated carbocycles. The maximum Gasteiger partial charge on any atom is 0.119 e. The molecule has 0 heterocycles. The molecule has 2 aromatic rings. The molecule has 1 nitrogen and oxygen atoms in total. The molecule has 0 bridgehead atoms. The number of benzene rings is 2. The summed E-state index contributed by atoms with van der Waals surface area (Å²) in [6.07, 6.45) is 7.53. The topological polar surface area (TPSA) is 20.2 Å². The Balaban J connectivity index is 2.24. The summed E-state index contributed by atoms with van der Waals surface area (Å²) in [5.41, 5.74) is 2.42. The van der Waals surface area contributed by atoms with E-state index in [0.717, 1.165) is 12.0 Å². The van der Waals surface area contributed by atoms with Crippen molar-refractivity contribution in [2.75, 3.05) is 0 Å². The van der Waals surface area contributed by atoms with Crippen LogP contribution in [0.4, 0.5) is 0 Å². The van der Waals surface area contributed by atoms with Crippen LogP contribution in [0, 0.1) is 0 Å². The van der Waals surface area contributed by atoms with E-state index in [1.54, 1.807) is 0 Å². The zero-order valence-corrected chi connectivity index (χ0v) is 15.5. The number of phenols is 1. The molecule has 24 heavy (non-hydrogen) atoms. The first-order chi connectivity index (χ1) is 11.6. The second-order valence-electron chi connectivity index (χ2n) is 7.40. The number of aromatic hydroxyl groups is 1. The van der Waals surface area contributed by atoms with Gasteiger partial charge in [-0.15, -0.1) is 0 Å². The van der Waals surface area contributed by atoms with E-state index in [1.807, 2.05) is 18.2 Å². The second kappa shape index (κ2) is 8.92. The molecule has 2 rings (SSSR count). The van der Waals surface area contributed by atoms with Gasteiger partial charge in [0.1, 0.15) is 5.75 Å². The van der Waals surface area contributed by atoms with Crippen molar-refractivity contribution in [3.8, 4) is 5.75 Å². The molecule has 130 valence electrons. The van der Waals surface area contributed by atoms with Gasteiger partial charge in [0.2, 0.25) is 0 Å². The molecule has 0 aliphatic carbocycles. The van der Waals surface area contributed by atoms with Crippen molar-refractivity contribution in [3.63, 3.8) is 0 Å².